The van der Waals surface area contributed by atoms with Gasteiger partial charge in [-0.05, 0) is 35.5 Å². The van der Waals surface area contributed by atoms with Gasteiger partial charge in [0.1, 0.15) is 6.61 Å². The van der Waals surface area contributed by atoms with Crippen molar-refractivity contribution in [2.45, 2.75) is 13.5 Å². The van der Waals surface area contributed by atoms with E-state index in [2.05, 4.69) is 25.8 Å². The van der Waals surface area contributed by atoms with E-state index in [9.17, 15) is 4.79 Å². The lowest BCUT2D eigenvalue weighted by Gasteiger charge is -2.08. The van der Waals surface area contributed by atoms with Gasteiger partial charge >= 0.3 is 0 Å². The molecule has 0 radical (unpaired) electrons. The second-order valence-electron chi connectivity index (χ2n) is 5.75. The number of hydrogen-bond donors (Lipinski definition) is 1. The van der Waals surface area contributed by atoms with E-state index in [0.29, 0.717) is 30.5 Å². The number of nitrogens with one attached hydrogen (secondary N) is 1. The molecule has 140 valence electrons. The van der Waals surface area contributed by atoms with Crippen LogP contribution >= 0.6 is 0 Å². The largest absolute Gasteiger partial charge is 0.475 e. The number of rotatable bonds is 8. The number of hydrogen-bond acceptors (Lipinski definition) is 7. The Morgan fingerprint density at radius 3 is 2.78 bits per heavy atom. The second kappa shape index (κ2) is 8.86. The maximum atomic E-state index is 12.4. The predicted octanol–water partition coefficient (Wildman–Crippen LogP) is 1.32. The summed E-state index contributed by atoms with van der Waals surface area (Å²) in [7, 11) is 1.59. The first kappa shape index (κ1) is 18.5. The molecule has 1 aromatic carbocycles. The van der Waals surface area contributed by atoms with E-state index in [1.807, 2.05) is 31.2 Å². The van der Waals surface area contributed by atoms with E-state index >= 15 is 0 Å². The van der Waals surface area contributed by atoms with Crippen LogP contribution in [-0.4, -0.2) is 51.4 Å². The van der Waals surface area contributed by atoms with Gasteiger partial charge in [-0.15, -0.1) is 5.10 Å². The zero-order chi connectivity index (χ0) is 19.1. The van der Waals surface area contributed by atoms with Crippen LogP contribution in [0.15, 0.2) is 42.6 Å². The number of methoxy groups -OCH3 is 1. The van der Waals surface area contributed by atoms with Crippen molar-refractivity contribution in [3.63, 3.8) is 0 Å². The Balaban J connectivity index is 1.64. The van der Waals surface area contributed by atoms with Crippen molar-refractivity contribution in [3.05, 3.63) is 59.5 Å². The molecule has 9 nitrogen and oxygen atoms in total. The van der Waals surface area contributed by atoms with Crippen molar-refractivity contribution in [1.82, 2.24) is 30.5 Å². The average molecular weight is 368 g/mol. The molecule has 0 fully saturated rings. The van der Waals surface area contributed by atoms with Crippen molar-refractivity contribution >= 4 is 5.91 Å². The highest BCUT2D eigenvalue weighted by atomic mass is 16.5. The number of aryl methyl sites for hydroxylation is 1. The lowest BCUT2D eigenvalue weighted by molar-refractivity contribution is 0.0948. The number of ether oxygens (including phenoxy) is 2. The molecule has 2 aromatic heterocycles. The summed E-state index contributed by atoms with van der Waals surface area (Å²) in [6, 6.07) is 11.0. The Labute approximate surface area is 156 Å². The molecular formula is C18H20N6O3. The lowest BCUT2D eigenvalue weighted by Crippen LogP contribution is -2.25. The fraction of sp³-hybridized carbons (Fsp3) is 0.278. The Morgan fingerprint density at radius 2 is 2.00 bits per heavy atom. The number of carbonyl (C=O) groups is 1. The summed E-state index contributed by atoms with van der Waals surface area (Å²) in [6.45, 7) is 2.99. The molecular weight excluding hydrogens is 348 g/mol. The zero-order valence-electron chi connectivity index (χ0n) is 15.1. The van der Waals surface area contributed by atoms with Crippen LogP contribution in [0.5, 0.6) is 5.88 Å². The normalized spacial score (nSPS) is 10.6. The van der Waals surface area contributed by atoms with Gasteiger partial charge < -0.3 is 14.8 Å². The van der Waals surface area contributed by atoms with E-state index in [1.54, 1.807) is 23.9 Å². The standard InChI is InChI=1S/C18H20N6O3/c1-13-3-5-15(6-4-13)24-16(21-22-23-24)12-20-18(25)14-7-8-19-17(11-14)27-10-9-26-2/h3-8,11H,9-10,12H2,1-2H3,(H,20,25). The van der Waals surface area contributed by atoms with Crippen molar-refractivity contribution in [3.8, 4) is 11.6 Å². The molecule has 2 heterocycles. The van der Waals surface area contributed by atoms with Gasteiger partial charge in [0.25, 0.3) is 5.91 Å². The average Bonchev–Trinajstić information content (AvgIpc) is 3.16. The van der Waals surface area contributed by atoms with Gasteiger partial charge in [0.15, 0.2) is 5.82 Å². The van der Waals surface area contributed by atoms with Crippen LogP contribution in [0.4, 0.5) is 0 Å². The lowest BCUT2D eigenvalue weighted by atomic mass is 10.2. The van der Waals surface area contributed by atoms with Gasteiger partial charge in [-0.2, -0.15) is 4.68 Å². The SMILES string of the molecule is COCCOc1cc(C(=O)NCc2nnnn2-c2ccc(C)cc2)ccn1. The summed E-state index contributed by atoms with van der Waals surface area (Å²) in [5.41, 5.74) is 2.40. The van der Waals surface area contributed by atoms with Crippen LogP contribution in [0.1, 0.15) is 21.7 Å². The zero-order valence-corrected chi connectivity index (χ0v) is 15.1. The molecule has 3 aromatic rings. The van der Waals surface area contributed by atoms with Gasteiger partial charge in [-0.25, -0.2) is 4.98 Å². The topological polar surface area (TPSA) is 104 Å². The van der Waals surface area contributed by atoms with Crippen LogP contribution < -0.4 is 10.1 Å². The third kappa shape index (κ3) is 4.85. The Bertz CT molecular complexity index is 894. The summed E-state index contributed by atoms with van der Waals surface area (Å²) in [6.07, 6.45) is 1.52. The molecule has 0 saturated heterocycles. The Hall–Kier alpha value is -3.33. The molecule has 3 rings (SSSR count). The molecule has 9 heteroatoms. The van der Waals surface area contributed by atoms with E-state index in [-0.39, 0.29) is 12.5 Å². The first-order chi connectivity index (χ1) is 13.2. The number of tetrazole rings is 1. The van der Waals surface area contributed by atoms with Gasteiger partial charge in [-0.1, -0.05) is 17.7 Å². The van der Waals surface area contributed by atoms with E-state index in [1.165, 1.54) is 6.20 Å². The van der Waals surface area contributed by atoms with Crippen molar-refractivity contribution in [2.75, 3.05) is 20.3 Å². The number of benzene rings is 1. The number of carbonyl (C=O) groups excluding carboxylic acids is 1. The number of aromatic nitrogens is 5. The minimum Gasteiger partial charge on any atom is -0.475 e. The summed E-state index contributed by atoms with van der Waals surface area (Å²) in [5.74, 6) is 0.620. The van der Waals surface area contributed by atoms with Crippen LogP contribution in [0.25, 0.3) is 5.69 Å². The van der Waals surface area contributed by atoms with Crippen molar-refractivity contribution < 1.29 is 14.3 Å². The molecule has 27 heavy (non-hydrogen) atoms. The maximum absolute atomic E-state index is 12.4. The minimum absolute atomic E-state index is 0.182. The van der Waals surface area contributed by atoms with Crippen LogP contribution in [-0.2, 0) is 11.3 Å². The minimum atomic E-state index is -0.271. The molecule has 0 aliphatic rings. The highest BCUT2D eigenvalue weighted by Gasteiger charge is 2.12. The highest BCUT2D eigenvalue weighted by molar-refractivity contribution is 5.94. The first-order valence-electron chi connectivity index (χ1n) is 8.37. The quantitative estimate of drug-likeness (QED) is 0.598. The van der Waals surface area contributed by atoms with Gasteiger partial charge in [0.05, 0.1) is 18.8 Å². The van der Waals surface area contributed by atoms with Gasteiger partial charge in [0.2, 0.25) is 5.88 Å². The molecule has 0 unspecified atom stereocenters. The van der Waals surface area contributed by atoms with E-state index in [0.717, 1.165) is 11.3 Å². The van der Waals surface area contributed by atoms with Gasteiger partial charge in [0, 0.05) is 24.9 Å². The van der Waals surface area contributed by atoms with E-state index < -0.39 is 0 Å². The van der Waals surface area contributed by atoms with Crippen LogP contribution in [0.2, 0.25) is 0 Å². The third-order valence-corrected chi connectivity index (χ3v) is 3.75. The Kier molecular flexibility index (Phi) is 6.06. The molecule has 0 aliphatic carbocycles. The second-order valence-corrected chi connectivity index (χ2v) is 5.75. The monoisotopic (exact) mass is 368 g/mol. The fourth-order valence-electron chi connectivity index (χ4n) is 2.32. The molecule has 0 aliphatic heterocycles. The van der Waals surface area contributed by atoms with Crippen molar-refractivity contribution in [2.24, 2.45) is 0 Å². The first-order valence-corrected chi connectivity index (χ1v) is 8.37. The molecule has 0 bridgehead atoms. The van der Waals surface area contributed by atoms with E-state index in [4.69, 9.17) is 9.47 Å². The third-order valence-electron chi connectivity index (χ3n) is 3.75. The molecule has 0 atom stereocenters. The number of nitrogens with zero attached hydrogens (tertiary/aromatic N) is 5. The van der Waals surface area contributed by atoms with Gasteiger partial charge in [-0.3, -0.25) is 4.79 Å². The number of pyridine rings is 1. The summed E-state index contributed by atoms with van der Waals surface area (Å²) in [5, 5.41) is 14.5. The smallest absolute Gasteiger partial charge is 0.251 e. The Morgan fingerprint density at radius 1 is 1.19 bits per heavy atom. The molecule has 1 N–H and O–H groups in total. The molecule has 0 spiro atoms. The molecule has 1 amide bonds. The van der Waals surface area contributed by atoms with Crippen LogP contribution in [0.3, 0.4) is 0 Å². The number of amides is 1. The summed E-state index contributed by atoms with van der Waals surface area (Å²) < 4.78 is 11.9. The highest BCUT2D eigenvalue weighted by Crippen LogP contribution is 2.11. The summed E-state index contributed by atoms with van der Waals surface area (Å²) in [4.78, 5) is 16.5. The maximum Gasteiger partial charge on any atom is 0.251 e. The fourth-order valence-corrected chi connectivity index (χ4v) is 2.32. The van der Waals surface area contributed by atoms with Crippen molar-refractivity contribution in [1.29, 1.82) is 0 Å². The molecule has 0 saturated carbocycles. The predicted molar refractivity (Wildman–Crippen MR) is 96.7 cm³/mol. The summed E-state index contributed by atoms with van der Waals surface area (Å²) >= 11 is 0. The van der Waals surface area contributed by atoms with Crippen LogP contribution in [0, 0.1) is 6.92 Å².